The molecule has 0 saturated heterocycles. The third-order valence-corrected chi connectivity index (χ3v) is 4.12. The highest BCUT2D eigenvalue weighted by Crippen LogP contribution is 2.11. The van der Waals surface area contributed by atoms with Crippen LogP contribution in [-0.2, 0) is 13.0 Å². The predicted octanol–water partition coefficient (Wildman–Crippen LogP) is 3.97. The fourth-order valence-electron chi connectivity index (χ4n) is 2.75. The molecule has 0 atom stereocenters. The van der Waals surface area contributed by atoms with Crippen LogP contribution in [0.25, 0.3) is 0 Å². The number of rotatable bonds is 7. The van der Waals surface area contributed by atoms with Crippen molar-refractivity contribution in [1.29, 1.82) is 0 Å². The lowest BCUT2D eigenvalue weighted by molar-refractivity contribution is 0.0954. The number of nitrogens with one attached hydrogen (secondary N) is 2. The van der Waals surface area contributed by atoms with Gasteiger partial charge < -0.3 is 10.6 Å². The second kappa shape index (κ2) is 8.81. The monoisotopic (exact) mass is 345 g/mol. The third kappa shape index (κ3) is 5.18. The number of amides is 1. The van der Waals surface area contributed by atoms with Gasteiger partial charge in [0.05, 0.1) is 11.3 Å². The molecule has 2 N–H and O–H groups in total. The highest BCUT2D eigenvalue weighted by atomic mass is 16.1. The van der Waals surface area contributed by atoms with E-state index in [1.165, 1.54) is 16.7 Å². The summed E-state index contributed by atoms with van der Waals surface area (Å²) >= 11 is 0. The quantitative estimate of drug-likeness (QED) is 0.681. The van der Waals surface area contributed by atoms with Crippen molar-refractivity contribution < 1.29 is 4.79 Å². The first-order valence-electron chi connectivity index (χ1n) is 8.77. The largest absolute Gasteiger partial charge is 0.380 e. The highest BCUT2D eigenvalue weighted by Gasteiger charge is 2.06. The Morgan fingerprint density at radius 3 is 2.58 bits per heavy atom. The summed E-state index contributed by atoms with van der Waals surface area (Å²) in [7, 11) is 0. The molecule has 3 rings (SSSR count). The Morgan fingerprint density at radius 2 is 1.77 bits per heavy atom. The Morgan fingerprint density at radius 1 is 0.962 bits per heavy atom. The van der Waals surface area contributed by atoms with Crippen molar-refractivity contribution in [2.45, 2.75) is 19.9 Å². The van der Waals surface area contributed by atoms with E-state index < -0.39 is 0 Å². The van der Waals surface area contributed by atoms with Crippen LogP contribution in [0, 0.1) is 6.92 Å². The maximum Gasteiger partial charge on any atom is 0.252 e. The van der Waals surface area contributed by atoms with Crippen LogP contribution in [0.5, 0.6) is 0 Å². The summed E-state index contributed by atoms with van der Waals surface area (Å²) < 4.78 is 0. The molecule has 0 saturated carbocycles. The molecule has 3 aromatic rings. The molecule has 4 heteroatoms. The minimum atomic E-state index is -0.104. The molecule has 0 aliphatic rings. The number of carbonyl (C=O) groups is 1. The first kappa shape index (κ1) is 17.7. The fourth-order valence-corrected chi connectivity index (χ4v) is 2.75. The van der Waals surface area contributed by atoms with Gasteiger partial charge in [-0.1, -0.05) is 60.2 Å². The highest BCUT2D eigenvalue weighted by molar-refractivity contribution is 5.94. The Bertz CT molecular complexity index is 862. The van der Waals surface area contributed by atoms with Crippen molar-refractivity contribution in [3.8, 4) is 0 Å². The van der Waals surface area contributed by atoms with Gasteiger partial charge in [0.15, 0.2) is 0 Å². The van der Waals surface area contributed by atoms with Gasteiger partial charge in [-0.05, 0) is 30.5 Å². The van der Waals surface area contributed by atoms with Crippen molar-refractivity contribution in [1.82, 2.24) is 10.3 Å². The molecule has 132 valence electrons. The number of aromatic nitrogens is 1. The third-order valence-electron chi connectivity index (χ3n) is 4.12. The summed E-state index contributed by atoms with van der Waals surface area (Å²) in [6, 6.07) is 20.3. The van der Waals surface area contributed by atoms with E-state index in [0.717, 1.165) is 12.1 Å². The van der Waals surface area contributed by atoms with E-state index in [9.17, 15) is 4.79 Å². The molecule has 0 unspecified atom stereocenters. The molecule has 1 amide bonds. The van der Waals surface area contributed by atoms with Gasteiger partial charge in [-0.25, -0.2) is 0 Å². The van der Waals surface area contributed by atoms with Crippen molar-refractivity contribution in [3.05, 3.63) is 95.3 Å². The molecule has 1 aromatic heterocycles. The van der Waals surface area contributed by atoms with Gasteiger partial charge >= 0.3 is 0 Å². The number of hydrogen-bond acceptors (Lipinski definition) is 3. The lowest BCUT2D eigenvalue weighted by atomic mass is 10.1. The van der Waals surface area contributed by atoms with E-state index in [2.05, 4.69) is 52.9 Å². The number of anilines is 1. The summed E-state index contributed by atoms with van der Waals surface area (Å²) in [5.41, 5.74) is 5.03. The van der Waals surface area contributed by atoms with Gasteiger partial charge in [0.1, 0.15) is 0 Å². The minimum absolute atomic E-state index is 0.104. The fraction of sp³-hybridized carbons (Fsp3) is 0.182. The number of benzene rings is 2. The zero-order valence-electron chi connectivity index (χ0n) is 14.9. The summed E-state index contributed by atoms with van der Waals surface area (Å²) in [5, 5.41) is 6.27. The van der Waals surface area contributed by atoms with E-state index in [1.54, 1.807) is 12.4 Å². The van der Waals surface area contributed by atoms with E-state index in [4.69, 9.17) is 0 Å². The Labute approximate surface area is 154 Å². The van der Waals surface area contributed by atoms with Crippen molar-refractivity contribution in [2.75, 3.05) is 11.9 Å². The standard InChI is InChI=1S/C22H23N3O/c1-17-6-5-9-19(12-17)14-25-21-13-20(15-23-16-21)22(26)24-11-10-18-7-3-2-4-8-18/h2-9,12-13,15-16,25H,10-11,14H2,1H3,(H,24,26). The average Bonchev–Trinajstić information content (AvgIpc) is 2.67. The molecule has 26 heavy (non-hydrogen) atoms. The van der Waals surface area contributed by atoms with E-state index in [1.807, 2.05) is 30.3 Å². The van der Waals surface area contributed by atoms with Crippen LogP contribution < -0.4 is 10.6 Å². The molecule has 4 nitrogen and oxygen atoms in total. The van der Waals surface area contributed by atoms with Gasteiger partial charge in [-0.2, -0.15) is 0 Å². The van der Waals surface area contributed by atoms with Crippen LogP contribution in [0.3, 0.4) is 0 Å². The van der Waals surface area contributed by atoms with Crippen LogP contribution in [0.1, 0.15) is 27.0 Å². The Kier molecular flexibility index (Phi) is 5.99. The number of carbonyl (C=O) groups excluding carboxylic acids is 1. The molecular formula is C22H23N3O. The van der Waals surface area contributed by atoms with E-state index >= 15 is 0 Å². The average molecular weight is 345 g/mol. The van der Waals surface area contributed by atoms with Crippen molar-refractivity contribution in [3.63, 3.8) is 0 Å². The lowest BCUT2D eigenvalue weighted by Crippen LogP contribution is -2.25. The summed E-state index contributed by atoms with van der Waals surface area (Å²) in [5.74, 6) is -0.104. The molecule has 0 fully saturated rings. The van der Waals surface area contributed by atoms with Crippen LogP contribution in [0.2, 0.25) is 0 Å². The van der Waals surface area contributed by atoms with Gasteiger partial charge in [0.25, 0.3) is 5.91 Å². The molecule has 0 radical (unpaired) electrons. The minimum Gasteiger partial charge on any atom is -0.380 e. The number of pyridine rings is 1. The van der Waals surface area contributed by atoms with Crippen molar-refractivity contribution in [2.24, 2.45) is 0 Å². The van der Waals surface area contributed by atoms with Gasteiger partial charge in [0.2, 0.25) is 0 Å². The topological polar surface area (TPSA) is 54.0 Å². The maximum atomic E-state index is 12.3. The number of nitrogens with zero attached hydrogens (tertiary/aromatic N) is 1. The first-order valence-corrected chi connectivity index (χ1v) is 8.77. The second-order valence-corrected chi connectivity index (χ2v) is 6.30. The van der Waals surface area contributed by atoms with Crippen LogP contribution in [0.4, 0.5) is 5.69 Å². The second-order valence-electron chi connectivity index (χ2n) is 6.30. The van der Waals surface area contributed by atoms with Crippen molar-refractivity contribution >= 4 is 11.6 Å². The number of hydrogen-bond donors (Lipinski definition) is 2. The molecule has 2 aromatic carbocycles. The molecule has 1 heterocycles. The van der Waals surface area contributed by atoms with E-state index in [-0.39, 0.29) is 5.91 Å². The predicted molar refractivity (Wildman–Crippen MR) is 105 cm³/mol. The normalized spacial score (nSPS) is 10.3. The molecule has 0 aliphatic heterocycles. The molecule has 0 aliphatic carbocycles. The van der Waals surface area contributed by atoms with Gasteiger partial charge in [-0.15, -0.1) is 0 Å². The smallest absolute Gasteiger partial charge is 0.252 e. The molecule has 0 bridgehead atoms. The zero-order chi connectivity index (χ0) is 18.2. The lowest BCUT2D eigenvalue weighted by Gasteiger charge is -2.09. The Balaban J connectivity index is 1.53. The Hall–Kier alpha value is -3.14. The van der Waals surface area contributed by atoms with Gasteiger partial charge in [0, 0.05) is 25.5 Å². The SMILES string of the molecule is Cc1cccc(CNc2cncc(C(=O)NCCc3ccccc3)c2)c1. The summed E-state index contributed by atoms with van der Waals surface area (Å²) in [6.07, 6.45) is 4.14. The van der Waals surface area contributed by atoms with Crippen LogP contribution in [-0.4, -0.2) is 17.4 Å². The maximum absolute atomic E-state index is 12.3. The van der Waals surface area contributed by atoms with E-state index in [0.29, 0.717) is 18.7 Å². The van der Waals surface area contributed by atoms with Crippen LogP contribution in [0.15, 0.2) is 73.1 Å². The van der Waals surface area contributed by atoms with Crippen LogP contribution >= 0.6 is 0 Å². The zero-order valence-corrected chi connectivity index (χ0v) is 14.9. The molecule has 0 spiro atoms. The summed E-state index contributed by atoms with van der Waals surface area (Å²) in [6.45, 7) is 3.37. The number of aryl methyl sites for hydroxylation is 1. The first-order chi connectivity index (χ1) is 12.7. The van der Waals surface area contributed by atoms with Gasteiger partial charge in [-0.3, -0.25) is 9.78 Å². The molecular weight excluding hydrogens is 322 g/mol. The summed E-state index contributed by atoms with van der Waals surface area (Å²) in [4.78, 5) is 16.5.